The molecule has 0 spiro atoms. The molecule has 1 aromatic rings. The molecule has 21 heavy (non-hydrogen) atoms. The summed E-state index contributed by atoms with van der Waals surface area (Å²) in [7, 11) is 1.39. The van der Waals surface area contributed by atoms with Gasteiger partial charge in [-0.05, 0) is 31.5 Å². The van der Waals surface area contributed by atoms with Gasteiger partial charge < -0.3 is 14.8 Å². The number of carbonyl (C=O) groups excluding carboxylic acids is 1. The maximum absolute atomic E-state index is 11.6. The molecule has 1 heterocycles. The van der Waals surface area contributed by atoms with Crippen LogP contribution in [0.25, 0.3) is 0 Å². The van der Waals surface area contributed by atoms with Crippen molar-refractivity contribution in [1.29, 1.82) is 0 Å². The van der Waals surface area contributed by atoms with Crippen molar-refractivity contribution in [2.45, 2.75) is 32.4 Å². The molecule has 0 radical (unpaired) electrons. The number of ether oxygens (including phenoxy) is 2. The number of halogens is 1. The van der Waals surface area contributed by atoms with Gasteiger partial charge in [0, 0.05) is 24.0 Å². The second-order valence-corrected chi connectivity index (χ2v) is 5.59. The summed E-state index contributed by atoms with van der Waals surface area (Å²) in [5.74, 6) is 0.355. The van der Waals surface area contributed by atoms with Crippen LogP contribution in [0, 0.1) is 0 Å². The van der Waals surface area contributed by atoms with Gasteiger partial charge in [-0.1, -0.05) is 23.7 Å². The number of methoxy groups -OCH3 is 1. The number of benzene rings is 1. The first-order valence-corrected chi connectivity index (χ1v) is 7.32. The molecule has 0 fully saturated rings. The van der Waals surface area contributed by atoms with Gasteiger partial charge in [-0.25, -0.2) is 4.79 Å². The predicted molar refractivity (Wildman–Crippen MR) is 82.1 cm³/mol. The number of carbonyl (C=O) groups is 1. The van der Waals surface area contributed by atoms with Gasteiger partial charge in [0.15, 0.2) is 0 Å². The number of allylic oxidation sites excluding steroid dienone is 1. The van der Waals surface area contributed by atoms with Crippen LogP contribution in [-0.2, 0) is 14.3 Å². The van der Waals surface area contributed by atoms with Gasteiger partial charge in [0.25, 0.3) is 0 Å². The Labute approximate surface area is 130 Å². The van der Waals surface area contributed by atoms with E-state index < -0.39 is 0 Å². The van der Waals surface area contributed by atoms with E-state index in [9.17, 15) is 4.79 Å². The lowest BCUT2D eigenvalue weighted by atomic mass is 10.1. The fourth-order valence-electron chi connectivity index (χ4n) is 2.38. The molecule has 0 saturated heterocycles. The summed E-state index contributed by atoms with van der Waals surface area (Å²) in [6.07, 6.45) is 0.549. The van der Waals surface area contributed by atoms with Crippen molar-refractivity contribution in [3.05, 3.63) is 46.2 Å². The lowest BCUT2D eigenvalue weighted by molar-refractivity contribution is -0.136. The Morgan fingerprint density at radius 3 is 2.76 bits per heavy atom. The highest BCUT2D eigenvalue weighted by Crippen LogP contribution is 2.26. The van der Waals surface area contributed by atoms with Crippen LogP contribution >= 0.6 is 11.6 Å². The van der Waals surface area contributed by atoms with Crippen LogP contribution in [0.1, 0.15) is 31.9 Å². The summed E-state index contributed by atoms with van der Waals surface area (Å²) in [4.78, 5) is 11.6. The zero-order chi connectivity index (χ0) is 15.4. The van der Waals surface area contributed by atoms with Crippen LogP contribution in [0.5, 0.6) is 0 Å². The number of rotatable bonds is 5. The minimum Gasteiger partial charge on any atom is -0.493 e. The summed E-state index contributed by atoms with van der Waals surface area (Å²) in [6.45, 7) is 4.55. The quantitative estimate of drug-likeness (QED) is 0.848. The molecule has 114 valence electrons. The Bertz CT molecular complexity index is 539. The fraction of sp³-hybridized carbons (Fsp3) is 0.438. The molecular formula is C16H20ClNO3. The number of hydrogen-bond donors (Lipinski definition) is 1. The molecule has 0 bridgehead atoms. The molecule has 0 aromatic heterocycles. The van der Waals surface area contributed by atoms with Gasteiger partial charge in [-0.2, -0.15) is 0 Å². The smallest absolute Gasteiger partial charge is 0.337 e. The third-order valence-electron chi connectivity index (χ3n) is 3.65. The van der Waals surface area contributed by atoms with Crippen LogP contribution in [0.2, 0.25) is 5.02 Å². The highest BCUT2D eigenvalue weighted by molar-refractivity contribution is 6.30. The Balaban J connectivity index is 1.85. The molecule has 1 N–H and O–H groups in total. The predicted octanol–water partition coefficient (Wildman–Crippen LogP) is 3.23. The van der Waals surface area contributed by atoms with Gasteiger partial charge in [-0.3, -0.25) is 0 Å². The van der Waals surface area contributed by atoms with E-state index in [0.29, 0.717) is 24.3 Å². The van der Waals surface area contributed by atoms with E-state index in [-0.39, 0.29) is 18.1 Å². The molecule has 4 nitrogen and oxygen atoms in total. The number of nitrogens with one attached hydrogen (secondary N) is 1. The minimum absolute atomic E-state index is 0.0335. The molecule has 5 heteroatoms. The van der Waals surface area contributed by atoms with E-state index in [2.05, 4.69) is 12.2 Å². The van der Waals surface area contributed by atoms with Gasteiger partial charge in [0.05, 0.1) is 12.7 Å². The third-order valence-corrected chi connectivity index (χ3v) is 3.91. The van der Waals surface area contributed by atoms with Crippen molar-refractivity contribution in [3.63, 3.8) is 0 Å². The largest absolute Gasteiger partial charge is 0.493 e. The Morgan fingerprint density at radius 1 is 1.48 bits per heavy atom. The second-order valence-electron chi connectivity index (χ2n) is 5.15. The minimum atomic E-state index is -0.305. The van der Waals surface area contributed by atoms with Crippen LogP contribution in [0.4, 0.5) is 0 Å². The van der Waals surface area contributed by atoms with E-state index in [0.717, 1.165) is 10.6 Å². The van der Waals surface area contributed by atoms with Crippen molar-refractivity contribution in [2.24, 2.45) is 0 Å². The Kier molecular flexibility index (Phi) is 5.26. The summed E-state index contributed by atoms with van der Waals surface area (Å²) in [5, 5.41) is 4.14. The maximum atomic E-state index is 11.6. The molecule has 2 rings (SSSR count). The van der Waals surface area contributed by atoms with E-state index in [4.69, 9.17) is 21.1 Å². The molecule has 0 saturated carbocycles. The first-order chi connectivity index (χ1) is 10.0. The summed E-state index contributed by atoms with van der Waals surface area (Å²) >= 11 is 5.88. The van der Waals surface area contributed by atoms with Crippen molar-refractivity contribution in [1.82, 2.24) is 5.32 Å². The fourth-order valence-corrected chi connectivity index (χ4v) is 2.50. The lowest BCUT2D eigenvalue weighted by Gasteiger charge is -2.18. The second kappa shape index (κ2) is 6.96. The van der Waals surface area contributed by atoms with Crippen LogP contribution in [0.3, 0.4) is 0 Å². The number of hydrogen-bond acceptors (Lipinski definition) is 4. The van der Waals surface area contributed by atoms with Crippen LogP contribution in [0.15, 0.2) is 35.6 Å². The van der Waals surface area contributed by atoms with Crippen molar-refractivity contribution < 1.29 is 14.3 Å². The van der Waals surface area contributed by atoms with Crippen molar-refractivity contribution >= 4 is 17.6 Å². The highest BCUT2D eigenvalue weighted by atomic mass is 35.5. The van der Waals surface area contributed by atoms with Crippen molar-refractivity contribution in [2.75, 3.05) is 13.7 Å². The third kappa shape index (κ3) is 3.99. The SMILES string of the molecule is COC(=O)C1=C(C)O[C@H](CN[C@H](C)c2ccc(Cl)cc2)C1. The van der Waals surface area contributed by atoms with Crippen LogP contribution in [-0.4, -0.2) is 25.7 Å². The van der Waals surface area contributed by atoms with Crippen molar-refractivity contribution in [3.8, 4) is 0 Å². The first kappa shape index (κ1) is 15.9. The maximum Gasteiger partial charge on any atom is 0.337 e. The van der Waals surface area contributed by atoms with E-state index >= 15 is 0 Å². The monoisotopic (exact) mass is 309 g/mol. The Morgan fingerprint density at radius 2 is 2.14 bits per heavy atom. The molecule has 0 unspecified atom stereocenters. The van der Waals surface area contributed by atoms with Gasteiger partial charge >= 0.3 is 5.97 Å². The Hall–Kier alpha value is -1.52. The highest BCUT2D eigenvalue weighted by Gasteiger charge is 2.28. The lowest BCUT2D eigenvalue weighted by Crippen LogP contribution is -2.29. The summed E-state index contributed by atoms with van der Waals surface area (Å²) < 4.78 is 10.4. The topological polar surface area (TPSA) is 47.6 Å². The summed E-state index contributed by atoms with van der Waals surface area (Å²) in [5.41, 5.74) is 1.79. The zero-order valence-corrected chi connectivity index (χ0v) is 13.2. The van der Waals surface area contributed by atoms with Gasteiger partial charge in [0.1, 0.15) is 11.9 Å². The molecule has 0 amide bonds. The molecular weight excluding hydrogens is 290 g/mol. The molecule has 2 atom stereocenters. The molecule has 1 aliphatic rings. The molecule has 1 aliphatic heterocycles. The molecule has 1 aromatic carbocycles. The van der Waals surface area contributed by atoms with Gasteiger partial charge in [-0.15, -0.1) is 0 Å². The summed E-state index contributed by atoms with van der Waals surface area (Å²) in [6, 6.07) is 7.94. The first-order valence-electron chi connectivity index (χ1n) is 6.94. The van der Waals surface area contributed by atoms with E-state index in [1.807, 2.05) is 24.3 Å². The van der Waals surface area contributed by atoms with Gasteiger partial charge in [0.2, 0.25) is 0 Å². The zero-order valence-electron chi connectivity index (χ0n) is 12.5. The average molecular weight is 310 g/mol. The average Bonchev–Trinajstić information content (AvgIpc) is 2.86. The standard InChI is InChI=1S/C16H20ClNO3/c1-10(12-4-6-13(17)7-5-12)18-9-14-8-15(11(2)21-14)16(19)20-3/h4-7,10,14,18H,8-9H2,1-3H3/t10-,14+/m1/s1. The molecule has 0 aliphatic carbocycles. The normalized spacial score (nSPS) is 19.3. The van der Waals surface area contributed by atoms with E-state index in [1.54, 1.807) is 6.92 Å². The van der Waals surface area contributed by atoms with Crippen LogP contribution < -0.4 is 5.32 Å². The van der Waals surface area contributed by atoms with E-state index in [1.165, 1.54) is 7.11 Å². The number of esters is 1.